The van der Waals surface area contributed by atoms with Crippen LogP contribution in [0.2, 0.25) is 0 Å². The van der Waals surface area contributed by atoms with Gasteiger partial charge in [0.15, 0.2) is 0 Å². The Morgan fingerprint density at radius 3 is 0.882 bits per heavy atom. The summed E-state index contributed by atoms with van der Waals surface area (Å²) in [4.78, 5) is 0. The highest BCUT2D eigenvalue weighted by Crippen LogP contribution is 1.88. The van der Waals surface area contributed by atoms with E-state index in [0.717, 1.165) is 0 Å². The van der Waals surface area contributed by atoms with E-state index in [9.17, 15) is 0 Å². The van der Waals surface area contributed by atoms with Gasteiger partial charge in [0.25, 0.3) is 0 Å². The summed E-state index contributed by atoms with van der Waals surface area (Å²) < 4.78 is 53.7. The predicted molar refractivity (Wildman–Crippen MR) is 127 cm³/mol. The summed E-state index contributed by atoms with van der Waals surface area (Å²) in [5.41, 5.74) is 0. The van der Waals surface area contributed by atoms with Crippen LogP contribution in [-0.4, -0.2) is 132 Å². The first-order valence-electron chi connectivity index (χ1n) is 12.0. The van der Waals surface area contributed by atoms with Crippen molar-refractivity contribution in [3.8, 4) is 12.3 Å². The fourth-order valence-electron chi connectivity index (χ4n) is 2.23. The molecular formula is C24H46O10. The van der Waals surface area contributed by atoms with E-state index < -0.39 is 0 Å². The molecule has 0 radical (unpaired) electrons. The van der Waals surface area contributed by atoms with Crippen LogP contribution in [0.25, 0.3) is 0 Å². The van der Waals surface area contributed by atoms with Crippen molar-refractivity contribution in [2.24, 2.45) is 0 Å². The molecule has 0 fully saturated rings. The molecule has 0 N–H and O–H groups in total. The minimum absolute atomic E-state index is 0.235. The summed E-state index contributed by atoms with van der Waals surface area (Å²) >= 11 is 0. The second-order valence-corrected chi connectivity index (χ2v) is 7.08. The van der Waals surface area contributed by atoms with Gasteiger partial charge in [-0.15, -0.1) is 6.42 Å². The number of ether oxygens (including phenoxy) is 10. The molecule has 10 nitrogen and oxygen atoms in total. The number of terminal acetylenes is 1. The summed E-state index contributed by atoms with van der Waals surface area (Å²) in [6.45, 7) is 13.9. The van der Waals surface area contributed by atoms with Crippen molar-refractivity contribution in [2.75, 3.05) is 126 Å². The van der Waals surface area contributed by atoms with Crippen molar-refractivity contribution >= 4 is 0 Å². The van der Waals surface area contributed by atoms with Gasteiger partial charge in [-0.3, -0.25) is 0 Å². The van der Waals surface area contributed by atoms with Gasteiger partial charge >= 0.3 is 0 Å². The van der Waals surface area contributed by atoms with Crippen LogP contribution in [0.1, 0.15) is 13.8 Å². The third kappa shape index (κ3) is 31.2. The Balaban J connectivity index is 3.01. The first-order chi connectivity index (χ1) is 16.8. The van der Waals surface area contributed by atoms with Crippen LogP contribution in [0.5, 0.6) is 0 Å². The minimum atomic E-state index is 0.235. The summed E-state index contributed by atoms with van der Waals surface area (Å²) in [5, 5.41) is 0. The zero-order valence-corrected chi connectivity index (χ0v) is 21.2. The largest absolute Gasteiger partial charge is 0.377 e. The van der Waals surface area contributed by atoms with Crippen molar-refractivity contribution in [2.45, 2.75) is 20.0 Å². The van der Waals surface area contributed by atoms with Crippen LogP contribution in [-0.2, 0) is 47.4 Å². The zero-order valence-electron chi connectivity index (χ0n) is 21.2. The molecule has 0 heterocycles. The molecule has 0 amide bonds. The van der Waals surface area contributed by atoms with Crippen LogP contribution < -0.4 is 0 Å². The molecule has 0 aromatic heterocycles. The van der Waals surface area contributed by atoms with Gasteiger partial charge in [0.05, 0.1) is 125 Å². The smallest absolute Gasteiger partial charge is 0.107 e. The topological polar surface area (TPSA) is 92.3 Å². The first-order valence-corrected chi connectivity index (χ1v) is 12.0. The Labute approximate surface area is 205 Å². The maximum Gasteiger partial charge on any atom is 0.107 e. The maximum absolute atomic E-state index is 5.44. The van der Waals surface area contributed by atoms with Gasteiger partial charge in [0, 0.05) is 0 Å². The Morgan fingerprint density at radius 1 is 0.412 bits per heavy atom. The molecule has 0 aliphatic carbocycles. The Morgan fingerprint density at radius 2 is 0.647 bits per heavy atom. The van der Waals surface area contributed by atoms with Gasteiger partial charge in [-0.2, -0.15) is 0 Å². The van der Waals surface area contributed by atoms with Gasteiger partial charge in [0.1, 0.15) is 6.61 Å². The Kier molecular flexibility index (Phi) is 29.4. The Hall–Kier alpha value is -0.840. The quantitative estimate of drug-likeness (QED) is 0.112. The van der Waals surface area contributed by atoms with E-state index in [1.807, 2.05) is 13.8 Å². The molecule has 34 heavy (non-hydrogen) atoms. The van der Waals surface area contributed by atoms with Crippen molar-refractivity contribution in [1.82, 2.24) is 0 Å². The molecule has 0 atom stereocenters. The van der Waals surface area contributed by atoms with E-state index in [4.69, 9.17) is 53.8 Å². The lowest BCUT2D eigenvalue weighted by Crippen LogP contribution is -2.15. The van der Waals surface area contributed by atoms with Crippen molar-refractivity contribution < 1.29 is 47.4 Å². The molecule has 0 aliphatic rings. The van der Waals surface area contributed by atoms with Crippen LogP contribution in [0.15, 0.2) is 0 Å². The molecule has 0 spiro atoms. The van der Waals surface area contributed by atoms with E-state index in [-0.39, 0.29) is 6.10 Å². The molecular weight excluding hydrogens is 448 g/mol. The average molecular weight is 495 g/mol. The molecule has 0 aromatic carbocycles. The molecule has 0 saturated carbocycles. The van der Waals surface area contributed by atoms with Crippen LogP contribution in [0, 0.1) is 12.3 Å². The van der Waals surface area contributed by atoms with E-state index in [1.165, 1.54) is 0 Å². The first kappa shape index (κ1) is 33.2. The fourth-order valence-corrected chi connectivity index (χ4v) is 2.23. The lowest BCUT2D eigenvalue weighted by Gasteiger charge is -2.09. The normalized spacial score (nSPS) is 11.4. The van der Waals surface area contributed by atoms with Gasteiger partial charge in [-0.1, -0.05) is 5.92 Å². The van der Waals surface area contributed by atoms with Crippen molar-refractivity contribution in [3.63, 3.8) is 0 Å². The highest BCUT2D eigenvalue weighted by molar-refractivity contribution is 4.82. The van der Waals surface area contributed by atoms with Gasteiger partial charge in [-0.25, -0.2) is 0 Å². The molecule has 202 valence electrons. The molecule has 0 aliphatic heterocycles. The van der Waals surface area contributed by atoms with Gasteiger partial charge in [-0.05, 0) is 13.8 Å². The molecule has 0 unspecified atom stereocenters. The summed E-state index contributed by atoms with van der Waals surface area (Å²) in [7, 11) is 0. The summed E-state index contributed by atoms with van der Waals surface area (Å²) in [6.07, 6.45) is 5.30. The molecule has 0 rings (SSSR count). The van der Waals surface area contributed by atoms with Crippen LogP contribution in [0.4, 0.5) is 0 Å². The number of rotatable bonds is 29. The average Bonchev–Trinajstić information content (AvgIpc) is 2.83. The maximum atomic E-state index is 5.44. The summed E-state index contributed by atoms with van der Waals surface area (Å²) in [5.74, 6) is 2.39. The molecule has 0 bridgehead atoms. The third-order valence-electron chi connectivity index (χ3n) is 3.84. The van der Waals surface area contributed by atoms with E-state index in [0.29, 0.717) is 126 Å². The second-order valence-electron chi connectivity index (χ2n) is 7.08. The lowest BCUT2D eigenvalue weighted by molar-refractivity contribution is -0.0276. The minimum Gasteiger partial charge on any atom is -0.377 e. The SMILES string of the molecule is C#CCOCCOCCOCCOCCOCCOCCOCCOCCOCCOC(C)C. The highest BCUT2D eigenvalue weighted by atomic mass is 16.6. The Bertz CT molecular complexity index is 417. The van der Waals surface area contributed by atoms with E-state index >= 15 is 0 Å². The molecule has 0 aromatic rings. The number of hydrogen-bond acceptors (Lipinski definition) is 10. The monoisotopic (exact) mass is 494 g/mol. The highest BCUT2D eigenvalue weighted by Gasteiger charge is 1.96. The second kappa shape index (κ2) is 30.2. The van der Waals surface area contributed by atoms with E-state index in [2.05, 4.69) is 5.92 Å². The van der Waals surface area contributed by atoms with Crippen molar-refractivity contribution in [1.29, 1.82) is 0 Å². The van der Waals surface area contributed by atoms with Crippen LogP contribution >= 0.6 is 0 Å². The standard InChI is InChI=1S/C24H46O10/c1-4-5-25-6-7-26-8-9-27-10-11-28-12-13-29-14-15-30-16-17-31-18-19-32-20-21-33-22-23-34-24(2)3/h1,24H,5-23H2,2-3H3. The lowest BCUT2D eigenvalue weighted by atomic mass is 10.5. The fraction of sp³-hybridized carbons (Fsp3) is 0.917. The zero-order chi connectivity index (χ0) is 24.8. The molecule has 10 heteroatoms. The van der Waals surface area contributed by atoms with E-state index in [1.54, 1.807) is 0 Å². The third-order valence-corrected chi connectivity index (χ3v) is 3.84. The van der Waals surface area contributed by atoms with Gasteiger partial charge in [0.2, 0.25) is 0 Å². The van der Waals surface area contributed by atoms with Crippen LogP contribution in [0.3, 0.4) is 0 Å². The predicted octanol–water partition coefficient (Wildman–Crippen LogP) is 1.19. The van der Waals surface area contributed by atoms with Crippen molar-refractivity contribution in [3.05, 3.63) is 0 Å². The number of hydrogen-bond donors (Lipinski definition) is 0. The molecule has 0 saturated heterocycles. The van der Waals surface area contributed by atoms with Gasteiger partial charge < -0.3 is 47.4 Å². The summed E-state index contributed by atoms with van der Waals surface area (Å²) in [6, 6.07) is 0.